The van der Waals surface area contributed by atoms with Gasteiger partial charge < -0.3 is 15.2 Å². The lowest BCUT2D eigenvalue weighted by atomic mass is 9.87. The van der Waals surface area contributed by atoms with Crippen molar-refractivity contribution in [3.63, 3.8) is 0 Å². The lowest BCUT2D eigenvalue weighted by Crippen LogP contribution is -2.35. The van der Waals surface area contributed by atoms with E-state index in [4.69, 9.17) is 15.2 Å². The minimum Gasteiger partial charge on any atom is -0.497 e. The van der Waals surface area contributed by atoms with Crippen molar-refractivity contribution in [3.8, 4) is 5.75 Å². The molecule has 1 aromatic rings. The highest BCUT2D eigenvalue weighted by Crippen LogP contribution is 2.33. The topological polar surface area (TPSA) is 44.5 Å². The number of methoxy groups -OCH3 is 1. The summed E-state index contributed by atoms with van der Waals surface area (Å²) in [5.74, 6) is 1.50. The molecule has 1 fully saturated rings. The van der Waals surface area contributed by atoms with Crippen molar-refractivity contribution >= 4 is 0 Å². The third kappa shape index (κ3) is 4.21. The smallest absolute Gasteiger partial charge is 0.118 e. The van der Waals surface area contributed by atoms with E-state index in [0.717, 1.165) is 24.2 Å². The normalized spacial score (nSPS) is 25.3. The van der Waals surface area contributed by atoms with E-state index < -0.39 is 0 Å². The maximum atomic E-state index is 6.45. The molecular weight excluding hydrogens is 262 g/mol. The molecular formula is C18H29NO2. The van der Waals surface area contributed by atoms with Gasteiger partial charge in [-0.1, -0.05) is 38.8 Å². The van der Waals surface area contributed by atoms with Crippen LogP contribution in [0.25, 0.3) is 0 Å². The Morgan fingerprint density at radius 2 is 1.86 bits per heavy atom. The molecule has 0 heterocycles. The maximum absolute atomic E-state index is 6.45. The molecule has 4 atom stereocenters. The zero-order chi connectivity index (χ0) is 15.2. The Hall–Kier alpha value is -1.06. The van der Waals surface area contributed by atoms with Gasteiger partial charge in [-0.3, -0.25) is 0 Å². The second-order valence-corrected chi connectivity index (χ2v) is 6.20. The van der Waals surface area contributed by atoms with E-state index in [1.807, 2.05) is 12.1 Å². The van der Waals surface area contributed by atoms with Crippen LogP contribution in [0.3, 0.4) is 0 Å². The Morgan fingerprint density at radius 3 is 2.43 bits per heavy atom. The van der Waals surface area contributed by atoms with Crippen molar-refractivity contribution in [2.24, 2.45) is 11.7 Å². The molecule has 118 valence electrons. The van der Waals surface area contributed by atoms with Crippen LogP contribution in [0, 0.1) is 5.92 Å². The fourth-order valence-corrected chi connectivity index (χ4v) is 3.11. The van der Waals surface area contributed by atoms with Crippen LogP contribution >= 0.6 is 0 Å². The van der Waals surface area contributed by atoms with Crippen LogP contribution in [0.2, 0.25) is 0 Å². The van der Waals surface area contributed by atoms with Gasteiger partial charge in [0, 0.05) is 6.04 Å². The molecule has 4 unspecified atom stereocenters. The van der Waals surface area contributed by atoms with Crippen LogP contribution in [0.1, 0.15) is 57.6 Å². The largest absolute Gasteiger partial charge is 0.497 e. The van der Waals surface area contributed by atoms with Gasteiger partial charge in [-0.2, -0.15) is 0 Å². The highest BCUT2D eigenvalue weighted by Gasteiger charge is 2.28. The Morgan fingerprint density at radius 1 is 1.19 bits per heavy atom. The van der Waals surface area contributed by atoms with E-state index in [-0.39, 0.29) is 12.1 Å². The quantitative estimate of drug-likeness (QED) is 0.859. The Labute approximate surface area is 128 Å². The van der Waals surface area contributed by atoms with Gasteiger partial charge in [0.05, 0.1) is 19.3 Å². The Kier molecular flexibility index (Phi) is 6.07. The fourth-order valence-electron chi connectivity index (χ4n) is 3.11. The van der Waals surface area contributed by atoms with Gasteiger partial charge in [-0.15, -0.1) is 0 Å². The van der Waals surface area contributed by atoms with Gasteiger partial charge in [-0.25, -0.2) is 0 Å². The van der Waals surface area contributed by atoms with Gasteiger partial charge in [0.1, 0.15) is 5.75 Å². The molecule has 1 aliphatic carbocycles. The fraction of sp³-hybridized carbons (Fsp3) is 0.667. The first-order valence-electron chi connectivity index (χ1n) is 8.20. The highest BCUT2D eigenvalue weighted by atomic mass is 16.5. The second-order valence-electron chi connectivity index (χ2n) is 6.20. The standard InChI is InChI=1S/C18H29NO2/c1-4-16(19)18(14-9-11-15(20-3)12-10-14)21-17-8-6-5-7-13(17)2/h9-13,16-18H,4-8,19H2,1-3H3. The predicted molar refractivity (Wildman–Crippen MR) is 86.5 cm³/mol. The molecule has 1 aromatic carbocycles. The van der Waals surface area contributed by atoms with Crippen LogP contribution in [0.5, 0.6) is 5.75 Å². The van der Waals surface area contributed by atoms with E-state index in [1.54, 1.807) is 7.11 Å². The van der Waals surface area contributed by atoms with Gasteiger partial charge >= 0.3 is 0 Å². The van der Waals surface area contributed by atoms with E-state index >= 15 is 0 Å². The van der Waals surface area contributed by atoms with Crippen molar-refractivity contribution in [1.82, 2.24) is 0 Å². The van der Waals surface area contributed by atoms with Crippen molar-refractivity contribution in [3.05, 3.63) is 29.8 Å². The summed E-state index contributed by atoms with van der Waals surface area (Å²) in [5, 5.41) is 0. The summed E-state index contributed by atoms with van der Waals surface area (Å²) in [7, 11) is 1.68. The van der Waals surface area contributed by atoms with E-state index in [9.17, 15) is 0 Å². The molecule has 1 saturated carbocycles. The van der Waals surface area contributed by atoms with Crippen molar-refractivity contribution in [1.29, 1.82) is 0 Å². The first kappa shape index (κ1) is 16.3. The summed E-state index contributed by atoms with van der Waals surface area (Å²) in [6, 6.07) is 8.16. The van der Waals surface area contributed by atoms with Crippen LogP contribution in [0.15, 0.2) is 24.3 Å². The Bertz CT molecular complexity index is 418. The minimum atomic E-state index is -0.0218. The summed E-state index contributed by atoms with van der Waals surface area (Å²) < 4.78 is 11.7. The summed E-state index contributed by atoms with van der Waals surface area (Å²) in [5.41, 5.74) is 7.48. The third-order valence-corrected chi connectivity index (χ3v) is 4.66. The van der Waals surface area contributed by atoms with E-state index in [2.05, 4.69) is 26.0 Å². The zero-order valence-electron chi connectivity index (χ0n) is 13.5. The summed E-state index contributed by atoms with van der Waals surface area (Å²) in [6.07, 6.45) is 6.25. The number of hydrogen-bond acceptors (Lipinski definition) is 3. The van der Waals surface area contributed by atoms with Crippen molar-refractivity contribution in [2.75, 3.05) is 7.11 Å². The molecule has 0 spiro atoms. The first-order chi connectivity index (χ1) is 10.2. The number of rotatable bonds is 6. The SMILES string of the molecule is CCC(N)C(OC1CCCCC1C)c1ccc(OC)cc1. The highest BCUT2D eigenvalue weighted by molar-refractivity contribution is 5.29. The molecule has 21 heavy (non-hydrogen) atoms. The number of hydrogen-bond donors (Lipinski definition) is 1. The van der Waals surface area contributed by atoms with Crippen LogP contribution in [-0.4, -0.2) is 19.3 Å². The molecule has 2 rings (SSSR count). The zero-order valence-corrected chi connectivity index (χ0v) is 13.5. The summed E-state index contributed by atoms with van der Waals surface area (Å²) in [4.78, 5) is 0. The molecule has 0 aliphatic heterocycles. The molecule has 0 amide bonds. The first-order valence-corrected chi connectivity index (χ1v) is 8.20. The lowest BCUT2D eigenvalue weighted by Gasteiger charge is -2.34. The van der Waals surface area contributed by atoms with Crippen molar-refractivity contribution in [2.45, 2.75) is 64.2 Å². The van der Waals surface area contributed by atoms with Gasteiger partial charge in [0.15, 0.2) is 0 Å². The van der Waals surface area contributed by atoms with E-state index in [0.29, 0.717) is 12.0 Å². The minimum absolute atomic E-state index is 0.0218. The van der Waals surface area contributed by atoms with Crippen molar-refractivity contribution < 1.29 is 9.47 Å². The maximum Gasteiger partial charge on any atom is 0.118 e. The molecule has 3 nitrogen and oxygen atoms in total. The average molecular weight is 291 g/mol. The molecule has 0 radical (unpaired) electrons. The third-order valence-electron chi connectivity index (χ3n) is 4.66. The summed E-state index contributed by atoms with van der Waals surface area (Å²) in [6.45, 7) is 4.42. The van der Waals surface area contributed by atoms with Crippen LogP contribution in [0.4, 0.5) is 0 Å². The Balaban J connectivity index is 2.13. The molecule has 1 aliphatic rings. The predicted octanol–water partition coefficient (Wildman–Crippen LogP) is 4.07. The second kappa shape index (κ2) is 7.81. The molecule has 0 aromatic heterocycles. The molecule has 3 heteroatoms. The van der Waals surface area contributed by atoms with Gasteiger partial charge in [0.2, 0.25) is 0 Å². The van der Waals surface area contributed by atoms with Gasteiger partial charge in [-0.05, 0) is 42.9 Å². The number of benzene rings is 1. The lowest BCUT2D eigenvalue weighted by molar-refractivity contribution is -0.0677. The molecule has 2 N–H and O–H groups in total. The average Bonchev–Trinajstić information content (AvgIpc) is 2.53. The van der Waals surface area contributed by atoms with Crippen LogP contribution < -0.4 is 10.5 Å². The van der Waals surface area contributed by atoms with E-state index in [1.165, 1.54) is 19.3 Å². The monoisotopic (exact) mass is 291 g/mol. The molecule has 0 saturated heterocycles. The van der Waals surface area contributed by atoms with Crippen LogP contribution in [-0.2, 0) is 4.74 Å². The summed E-state index contributed by atoms with van der Waals surface area (Å²) >= 11 is 0. The van der Waals surface area contributed by atoms with Gasteiger partial charge in [0.25, 0.3) is 0 Å². The number of nitrogens with two attached hydrogens (primary N) is 1. The number of ether oxygens (including phenoxy) is 2. The molecule has 0 bridgehead atoms.